The average Bonchev–Trinajstić information content (AvgIpc) is 3.14. The highest BCUT2D eigenvalue weighted by molar-refractivity contribution is 5.73. The molecule has 0 saturated carbocycles. The van der Waals surface area contributed by atoms with Crippen LogP contribution in [0.2, 0.25) is 0 Å². The normalized spacial score (nSPS) is 21.6. The predicted molar refractivity (Wildman–Crippen MR) is 131 cm³/mol. The summed E-state index contributed by atoms with van der Waals surface area (Å²) in [7, 11) is 0. The Bertz CT molecular complexity index is 491. The molecule has 0 aromatic heterocycles. The number of allylic oxidation sites excluding steroid dienone is 1. The van der Waals surface area contributed by atoms with Crippen LogP contribution < -0.4 is 5.32 Å². The molecule has 1 aliphatic heterocycles. The molecule has 0 bridgehead atoms. The summed E-state index contributed by atoms with van der Waals surface area (Å²) < 4.78 is 0.883. The van der Waals surface area contributed by atoms with E-state index in [1.807, 2.05) is 6.08 Å². The molecule has 1 amide bonds. The molecule has 1 rings (SSSR count). The molecule has 174 valence electrons. The number of hydrogen-bond acceptors (Lipinski definition) is 2. The van der Waals surface area contributed by atoms with E-state index in [2.05, 4.69) is 32.0 Å². The number of unbranched alkanes of at least 4 members (excludes halogenated alkanes) is 13. The van der Waals surface area contributed by atoms with Gasteiger partial charge in [0, 0.05) is 20.3 Å². The fraction of sp³-hybridized carbons (Fsp3) is 0.846. The summed E-state index contributed by atoms with van der Waals surface area (Å²) in [5.41, 5.74) is 0. The largest absolute Gasteiger partial charge is 0.307 e. The van der Waals surface area contributed by atoms with Gasteiger partial charge in [0.15, 0.2) is 12.3 Å². The maximum absolute atomic E-state index is 11.5. The lowest BCUT2D eigenvalue weighted by Crippen LogP contribution is -2.63. The van der Waals surface area contributed by atoms with E-state index in [9.17, 15) is 4.79 Å². The molecular weight excluding hydrogens is 370 g/mol. The lowest BCUT2D eigenvalue weighted by molar-refractivity contribution is -0.959. The van der Waals surface area contributed by atoms with Crippen molar-refractivity contribution in [3.8, 4) is 0 Å². The maximum atomic E-state index is 11.5. The molecule has 0 fully saturated rings. The molecule has 0 aromatic rings. The van der Waals surface area contributed by atoms with Crippen LogP contribution in [0.4, 0.5) is 0 Å². The zero-order valence-corrected chi connectivity index (χ0v) is 20.3. The number of quaternary nitrogens is 1. The van der Waals surface area contributed by atoms with Crippen LogP contribution in [-0.2, 0) is 4.79 Å². The third-order valence-electron chi connectivity index (χ3n) is 6.94. The molecule has 1 aliphatic rings. The van der Waals surface area contributed by atoms with Gasteiger partial charge in [0.25, 0.3) is 0 Å². The number of aliphatic imine (C=N–C) groups is 1. The van der Waals surface area contributed by atoms with E-state index in [-0.39, 0.29) is 12.1 Å². The molecule has 0 saturated heterocycles. The van der Waals surface area contributed by atoms with Crippen LogP contribution in [0.25, 0.3) is 0 Å². The standard InChI is InChI=1S/C26H49N3O/c1-5-7-8-9-10-11-12-13-14-15-16-17-18-19-20-21-26-27-22-23-29(26,6-2)24(3)28-25(4)30/h5,22,24,26H,1,6-21,23H2,2-4H3/p+1. The molecule has 0 radical (unpaired) electrons. The smallest absolute Gasteiger partial charge is 0.221 e. The zero-order valence-electron chi connectivity index (χ0n) is 20.3. The first-order valence-corrected chi connectivity index (χ1v) is 12.8. The molecule has 30 heavy (non-hydrogen) atoms. The number of hydrogen-bond donors (Lipinski definition) is 1. The quantitative estimate of drug-likeness (QED) is 0.140. The summed E-state index contributed by atoms with van der Waals surface area (Å²) in [5, 5.41) is 3.11. The minimum Gasteiger partial charge on any atom is -0.307 e. The number of amides is 1. The summed E-state index contributed by atoms with van der Waals surface area (Å²) in [5.74, 6) is 0.0580. The third-order valence-corrected chi connectivity index (χ3v) is 6.94. The topological polar surface area (TPSA) is 41.5 Å². The summed E-state index contributed by atoms with van der Waals surface area (Å²) in [6.45, 7) is 11.7. The molecule has 3 unspecified atom stereocenters. The first kappa shape index (κ1) is 26.9. The molecule has 4 nitrogen and oxygen atoms in total. The van der Waals surface area contributed by atoms with E-state index in [4.69, 9.17) is 4.99 Å². The Morgan fingerprint density at radius 3 is 2.00 bits per heavy atom. The lowest BCUT2D eigenvalue weighted by Gasteiger charge is -2.42. The van der Waals surface area contributed by atoms with E-state index in [1.54, 1.807) is 6.92 Å². The van der Waals surface area contributed by atoms with Gasteiger partial charge in [0.1, 0.15) is 6.54 Å². The summed E-state index contributed by atoms with van der Waals surface area (Å²) in [6, 6.07) is 0. The Hall–Kier alpha value is -1.16. The Balaban J connectivity index is 2.02. The van der Waals surface area contributed by atoms with Gasteiger partial charge in [-0.3, -0.25) is 9.28 Å². The van der Waals surface area contributed by atoms with Crippen molar-refractivity contribution >= 4 is 12.1 Å². The molecule has 1 heterocycles. The van der Waals surface area contributed by atoms with Gasteiger partial charge in [-0.05, 0) is 26.2 Å². The monoisotopic (exact) mass is 420 g/mol. The molecular formula is C26H50N3O+. The number of carbonyl (C=O) groups is 1. The second-order valence-corrected chi connectivity index (χ2v) is 9.25. The van der Waals surface area contributed by atoms with Crippen LogP contribution in [0.1, 0.15) is 117 Å². The zero-order chi connectivity index (χ0) is 22.1. The van der Waals surface area contributed by atoms with Crippen LogP contribution in [0.15, 0.2) is 17.6 Å². The van der Waals surface area contributed by atoms with Crippen molar-refractivity contribution in [2.45, 2.75) is 129 Å². The average molecular weight is 421 g/mol. The fourth-order valence-electron chi connectivity index (χ4n) is 4.92. The lowest BCUT2D eigenvalue weighted by atomic mass is 10.0. The second kappa shape index (κ2) is 16.5. The molecule has 4 heteroatoms. The van der Waals surface area contributed by atoms with Gasteiger partial charge in [0.05, 0.1) is 12.8 Å². The van der Waals surface area contributed by atoms with Gasteiger partial charge >= 0.3 is 0 Å². The van der Waals surface area contributed by atoms with E-state index < -0.39 is 0 Å². The van der Waals surface area contributed by atoms with E-state index in [1.165, 1.54) is 89.9 Å². The third kappa shape index (κ3) is 10.2. The van der Waals surface area contributed by atoms with Crippen molar-refractivity contribution in [1.82, 2.24) is 5.32 Å². The summed E-state index contributed by atoms with van der Waals surface area (Å²) >= 11 is 0. The van der Waals surface area contributed by atoms with Gasteiger partial charge in [-0.25, -0.2) is 4.99 Å². The van der Waals surface area contributed by atoms with Crippen molar-refractivity contribution in [3.63, 3.8) is 0 Å². The highest BCUT2D eigenvalue weighted by atomic mass is 16.1. The minimum absolute atomic E-state index is 0.0580. The van der Waals surface area contributed by atoms with Crippen molar-refractivity contribution in [1.29, 1.82) is 0 Å². The predicted octanol–water partition coefficient (Wildman–Crippen LogP) is 6.75. The number of nitrogens with zero attached hydrogens (tertiary/aromatic N) is 2. The molecule has 0 spiro atoms. The van der Waals surface area contributed by atoms with E-state index in [0.717, 1.165) is 24.0 Å². The van der Waals surface area contributed by atoms with Gasteiger partial charge in [-0.15, -0.1) is 6.58 Å². The van der Waals surface area contributed by atoms with E-state index >= 15 is 0 Å². The van der Waals surface area contributed by atoms with Crippen molar-refractivity contribution in [2.24, 2.45) is 4.99 Å². The Morgan fingerprint density at radius 2 is 1.53 bits per heavy atom. The number of carbonyl (C=O) groups excluding carboxylic acids is 1. The molecule has 1 N–H and O–H groups in total. The fourth-order valence-corrected chi connectivity index (χ4v) is 4.92. The van der Waals surface area contributed by atoms with Gasteiger partial charge in [-0.1, -0.05) is 76.7 Å². The Morgan fingerprint density at radius 1 is 1.03 bits per heavy atom. The van der Waals surface area contributed by atoms with Gasteiger partial charge in [0.2, 0.25) is 5.91 Å². The van der Waals surface area contributed by atoms with Gasteiger partial charge in [-0.2, -0.15) is 0 Å². The first-order valence-electron chi connectivity index (χ1n) is 12.8. The van der Waals surface area contributed by atoms with Crippen molar-refractivity contribution in [3.05, 3.63) is 12.7 Å². The summed E-state index contributed by atoms with van der Waals surface area (Å²) in [6.07, 6.45) is 24.8. The minimum atomic E-state index is 0.0580. The highest BCUT2D eigenvalue weighted by Crippen LogP contribution is 2.27. The maximum Gasteiger partial charge on any atom is 0.221 e. The Labute approximate surface area is 187 Å². The van der Waals surface area contributed by atoms with Gasteiger partial charge < -0.3 is 5.32 Å². The van der Waals surface area contributed by atoms with Crippen LogP contribution in [0.5, 0.6) is 0 Å². The van der Waals surface area contributed by atoms with Crippen molar-refractivity contribution < 1.29 is 9.28 Å². The second-order valence-electron chi connectivity index (χ2n) is 9.25. The van der Waals surface area contributed by atoms with Crippen LogP contribution in [0.3, 0.4) is 0 Å². The SMILES string of the molecule is C=CCCCCCCCCCCCCCCCC1N=CC[N+]1(CC)C(C)NC(C)=O. The first-order chi connectivity index (χ1) is 14.6. The van der Waals surface area contributed by atoms with Crippen LogP contribution >= 0.6 is 0 Å². The number of rotatable bonds is 19. The van der Waals surface area contributed by atoms with Crippen LogP contribution in [0, 0.1) is 0 Å². The van der Waals surface area contributed by atoms with Crippen molar-refractivity contribution in [2.75, 3.05) is 13.1 Å². The molecule has 3 atom stereocenters. The van der Waals surface area contributed by atoms with Crippen LogP contribution in [-0.4, -0.2) is 42.0 Å². The highest BCUT2D eigenvalue weighted by Gasteiger charge is 2.42. The van der Waals surface area contributed by atoms with E-state index in [0.29, 0.717) is 6.17 Å². The molecule has 0 aromatic carbocycles. The molecule has 0 aliphatic carbocycles. The number of nitrogens with one attached hydrogen (secondary N) is 1. The summed E-state index contributed by atoms with van der Waals surface area (Å²) in [4.78, 5) is 16.3. The Kier molecular flexibility index (Phi) is 14.8.